The highest BCUT2D eigenvalue weighted by atomic mass is 32.2. The van der Waals surface area contributed by atoms with Crippen LogP contribution in [-0.2, 0) is 20.0 Å². The van der Waals surface area contributed by atoms with Crippen LogP contribution in [-0.4, -0.2) is 16.8 Å². The topological polar surface area (TPSA) is 92.3 Å². The van der Waals surface area contributed by atoms with E-state index in [1.54, 1.807) is 25.1 Å². The third kappa shape index (κ3) is 4.93. The Morgan fingerprint density at radius 3 is 2.07 bits per heavy atom. The van der Waals surface area contributed by atoms with E-state index in [1.807, 2.05) is 13.0 Å². The van der Waals surface area contributed by atoms with Crippen molar-refractivity contribution in [3.05, 3.63) is 83.7 Å². The molecule has 3 aromatic carbocycles. The molecule has 0 aliphatic rings. The van der Waals surface area contributed by atoms with Crippen LogP contribution in [0.25, 0.3) is 0 Å². The molecule has 0 radical (unpaired) electrons. The van der Waals surface area contributed by atoms with Gasteiger partial charge in [0.2, 0.25) is 0 Å². The summed E-state index contributed by atoms with van der Waals surface area (Å²) in [6.07, 6.45) is 0. The molecular weight excluding hydrogens is 415 g/mol. The van der Waals surface area contributed by atoms with Gasteiger partial charge in [-0.3, -0.25) is 9.44 Å². The first kappa shape index (κ1) is 20.8. The zero-order chi connectivity index (χ0) is 21.2. The van der Waals surface area contributed by atoms with E-state index in [9.17, 15) is 21.2 Å². The number of nitrogens with one attached hydrogen (secondary N) is 2. The van der Waals surface area contributed by atoms with E-state index >= 15 is 0 Å². The van der Waals surface area contributed by atoms with Crippen molar-refractivity contribution in [2.24, 2.45) is 0 Å². The number of aryl methyl sites for hydroxylation is 2. The van der Waals surface area contributed by atoms with Crippen LogP contribution in [0.5, 0.6) is 0 Å². The minimum absolute atomic E-state index is 0.0458. The number of rotatable bonds is 6. The number of sulfonamides is 2. The van der Waals surface area contributed by atoms with Gasteiger partial charge < -0.3 is 0 Å². The van der Waals surface area contributed by atoms with Gasteiger partial charge in [-0.15, -0.1) is 0 Å². The lowest BCUT2D eigenvalue weighted by Gasteiger charge is -2.14. The summed E-state index contributed by atoms with van der Waals surface area (Å²) in [5.41, 5.74) is 1.78. The second kappa shape index (κ2) is 7.84. The lowest BCUT2D eigenvalue weighted by atomic mass is 10.2. The van der Waals surface area contributed by atoms with Crippen molar-refractivity contribution >= 4 is 31.4 Å². The number of anilines is 2. The minimum Gasteiger partial charge on any atom is -0.280 e. The molecule has 0 spiro atoms. The van der Waals surface area contributed by atoms with Crippen LogP contribution in [0, 0.1) is 19.7 Å². The monoisotopic (exact) mass is 434 g/mol. The second-order valence-electron chi connectivity index (χ2n) is 6.52. The Labute approximate surface area is 169 Å². The molecule has 0 fully saturated rings. The van der Waals surface area contributed by atoms with Crippen molar-refractivity contribution in [2.75, 3.05) is 9.44 Å². The van der Waals surface area contributed by atoms with Crippen LogP contribution < -0.4 is 9.44 Å². The van der Waals surface area contributed by atoms with E-state index < -0.39 is 25.9 Å². The highest BCUT2D eigenvalue weighted by Gasteiger charge is 2.20. The zero-order valence-electron chi connectivity index (χ0n) is 15.7. The van der Waals surface area contributed by atoms with Crippen molar-refractivity contribution in [1.82, 2.24) is 0 Å². The summed E-state index contributed by atoms with van der Waals surface area (Å²) in [7, 11) is -8.04. The van der Waals surface area contributed by atoms with Crippen LogP contribution >= 0.6 is 0 Å². The van der Waals surface area contributed by atoms with Crippen molar-refractivity contribution in [3.8, 4) is 0 Å². The average Bonchev–Trinajstić information content (AvgIpc) is 2.62. The normalized spacial score (nSPS) is 11.8. The molecule has 0 amide bonds. The molecule has 0 aliphatic heterocycles. The maximum absolute atomic E-state index is 13.4. The van der Waals surface area contributed by atoms with E-state index in [0.29, 0.717) is 11.3 Å². The SMILES string of the molecule is Cc1cccc(NS(=O)(=O)c2cc(NS(=O)(=O)c3cccc(F)c3)ccc2C)c1. The van der Waals surface area contributed by atoms with Crippen LogP contribution in [0.3, 0.4) is 0 Å². The number of benzene rings is 3. The minimum atomic E-state index is -4.08. The molecule has 3 aromatic rings. The average molecular weight is 435 g/mol. The van der Waals surface area contributed by atoms with E-state index in [1.165, 1.54) is 30.3 Å². The molecule has 152 valence electrons. The fourth-order valence-corrected chi connectivity index (χ4v) is 5.12. The number of hydrogen-bond acceptors (Lipinski definition) is 4. The standard InChI is InChI=1S/C20H19FN2O4S2/c1-14-5-3-7-17(11-14)23-29(26,27)20-13-18(10-9-15(20)2)22-28(24,25)19-8-4-6-16(21)12-19/h3-13,22-23H,1-2H3. The highest BCUT2D eigenvalue weighted by Crippen LogP contribution is 2.25. The summed E-state index contributed by atoms with van der Waals surface area (Å²) >= 11 is 0. The molecule has 0 bridgehead atoms. The van der Waals surface area contributed by atoms with E-state index in [0.717, 1.165) is 17.7 Å². The molecule has 29 heavy (non-hydrogen) atoms. The lowest BCUT2D eigenvalue weighted by molar-refractivity contribution is 0.594. The first-order valence-electron chi connectivity index (χ1n) is 8.55. The fourth-order valence-electron chi connectivity index (χ4n) is 2.72. The Balaban J connectivity index is 1.93. The third-order valence-corrected chi connectivity index (χ3v) is 7.01. The Bertz CT molecular complexity index is 1270. The molecule has 0 aromatic heterocycles. The molecule has 2 N–H and O–H groups in total. The summed E-state index contributed by atoms with van der Waals surface area (Å²) in [5, 5.41) is 0. The molecule has 0 heterocycles. The van der Waals surface area contributed by atoms with E-state index in [2.05, 4.69) is 9.44 Å². The van der Waals surface area contributed by atoms with Crippen molar-refractivity contribution < 1.29 is 21.2 Å². The molecular formula is C20H19FN2O4S2. The van der Waals surface area contributed by atoms with Crippen LogP contribution in [0.15, 0.2) is 76.5 Å². The number of hydrogen-bond donors (Lipinski definition) is 2. The molecule has 0 aliphatic carbocycles. The van der Waals surface area contributed by atoms with Gasteiger partial charge in [-0.05, 0) is 67.4 Å². The van der Waals surface area contributed by atoms with Gasteiger partial charge in [0.1, 0.15) is 5.82 Å². The van der Waals surface area contributed by atoms with Gasteiger partial charge in [0, 0.05) is 5.69 Å². The molecule has 3 rings (SSSR count). The fraction of sp³-hybridized carbons (Fsp3) is 0.100. The van der Waals surface area contributed by atoms with Crippen LogP contribution in [0.1, 0.15) is 11.1 Å². The van der Waals surface area contributed by atoms with Gasteiger partial charge in [-0.25, -0.2) is 21.2 Å². The number of halogens is 1. The summed E-state index contributed by atoms with van der Waals surface area (Å²) in [6.45, 7) is 3.44. The smallest absolute Gasteiger partial charge is 0.262 e. The van der Waals surface area contributed by atoms with Gasteiger partial charge >= 0.3 is 0 Å². The first-order valence-corrected chi connectivity index (χ1v) is 11.5. The maximum atomic E-state index is 13.4. The Morgan fingerprint density at radius 2 is 1.38 bits per heavy atom. The summed E-state index contributed by atoms with van der Waals surface area (Å²) in [6, 6.07) is 15.6. The van der Waals surface area contributed by atoms with Gasteiger partial charge in [0.05, 0.1) is 15.5 Å². The van der Waals surface area contributed by atoms with Gasteiger partial charge in [0.25, 0.3) is 20.0 Å². The quantitative estimate of drug-likeness (QED) is 0.612. The summed E-state index contributed by atoms with van der Waals surface area (Å²) in [5.74, 6) is -0.692. The predicted molar refractivity (Wildman–Crippen MR) is 110 cm³/mol. The zero-order valence-corrected chi connectivity index (χ0v) is 17.3. The third-order valence-electron chi connectivity index (χ3n) is 4.11. The Morgan fingerprint density at radius 1 is 0.724 bits per heavy atom. The Kier molecular flexibility index (Phi) is 5.63. The van der Waals surface area contributed by atoms with Crippen molar-refractivity contribution in [2.45, 2.75) is 23.6 Å². The second-order valence-corrected chi connectivity index (χ2v) is 9.85. The van der Waals surface area contributed by atoms with Gasteiger partial charge in [-0.1, -0.05) is 24.3 Å². The van der Waals surface area contributed by atoms with Crippen molar-refractivity contribution in [3.63, 3.8) is 0 Å². The van der Waals surface area contributed by atoms with Gasteiger partial charge in [-0.2, -0.15) is 0 Å². The summed E-state index contributed by atoms with van der Waals surface area (Å²) in [4.78, 5) is -0.334. The molecule has 9 heteroatoms. The van der Waals surface area contributed by atoms with E-state index in [-0.39, 0.29) is 15.5 Å². The van der Waals surface area contributed by atoms with Gasteiger partial charge in [0.15, 0.2) is 0 Å². The highest BCUT2D eigenvalue weighted by molar-refractivity contribution is 7.93. The summed E-state index contributed by atoms with van der Waals surface area (Å²) < 4.78 is 68.8. The Hall–Kier alpha value is -2.91. The van der Waals surface area contributed by atoms with Crippen LogP contribution in [0.4, 0.5) is 15.8 Å². The molecule has 0 saturated heterocycles. The first-order chi connectivity index (χ1) is 13.6. The predicted octanol–water partition coefficient (Wildman–Crippen LogP) is 4.04. The lowest BCUT2D eigenvalue weighted by Crippen LogP contribution is -2.16. The van der Waals surface area contributed by atoms with Crippen LogP contribution in [0.2, 0.25) is 0 Å². The molecule has 0 unspecified atom stereocenters. The molecule has 6 nitrogen and oxygen atoms in total. The van der Waals surface area contributed by atoms with E-state index in [4.69, 9.17) is 0 Å². The largest absolute Gasteiger partial charge is 0.280 e. The molecule has 0 atom stereocenters. The van der Waals surface area contributed by atoms with Crippen molar-refractivity contribution in [1.29, 1.82) is 0 Å². The molecule has 0 saturated carbocycles. The maximum Gasteiger partial charge on any atom is 0.262 e.